The van der Waals surface area contributed by atoms with E-state index in [0.717, 1.165) is 23.1 Å². The second kappa shape index (κ2) is 9.33. The lowest BCUT2D eigenvalue weighted by Crippen LogP contribution is -2.31. The molecule has 1 amide bonds. The SMILES string of the molecule is Cc1c(N)cncc1-c1cc(-c2ccc3c(c2)CCNC3=O)c(N)nc1F.O=C(O)C(F)(F)F. The van der Waals surface area contributed by atoms with Gasteiger partial charge in [-0.15, -0.1) is 0 Å². The highest BCUT2D eigenvalue weighted by molar-refractivity contribution is 5.97. The van der Waals surface area contributed by atoms with E-state index in [1.165, 1.54) is 6.20 Å². The number of pyridine rings is 2. The highest BCUT2D eigenvalue weighted by atomic mass is 19.4. The van der Waals surface area contributed by atoms with Gasteiger partial charge in [0, 0.05) is 35.0 Å². The Morgan fingerprint density at radius 1 is 1.09 bits per heavy atom. The maximum absolute atomic E-state index is 14.6. The summed E-state index contributed by atoms with van der Waals surface area (Å²) in [5, 5.41) is 9.94. The minimum atomic E-state index is -5.08. The summed E-state index contributed by atoms with van der Waals surface area (Å²) >= 11 is 0. The van der Waals surface area contributed by atoms with Crippen molar-refractivity contribution < 1.29 is 32.3 Å². The van der Waals surface area contributed by atoms with Crippen LogP contribution in [0, 0.1) is 12.9 Å². The highest BCUT2D eigenvalue weighted by Crippen LogP contribution is 2.34. The Morgan fingerprint density at radius 2 is 1.76 bits per heavy atom. The fourth-order valence-electron chi connectivity index (χ4n) is 3.33. The number of aromatic nitrogens is 2. The molecule has 1 aromatic carbocycles. The number of carbonyl (C=O) groups is 2. The van der Waals surface area contributed by atoms with Crippen LogP contribution in [0.4, 0.5) is 29.1 Å². The van der Waals surface area contributed by atoms with Gasteiger partial charge >= 0.3 is 12.1 Å². The zero-order valence-corrected chi connectivity index (χ0v) is 17.7. The monoisotopic (exact) mass is 477 g/mol. The number of fused-ring (bicyclic) bond motifs is 1. The first-order valence-electron chi connectivity index (χ1n) is 9.78. The van der Waals surface area contributed by atoms with Crippen LogP contribution in [-0.4, -0.2) is 39.7 Å². The number of amides is 1. The molecule has 1 aliphatic heterocycles. The first kappa shape index (κ1) is 24.4. The predicted molar refractivity (Wildman–Crippen MR) is 116 cm³/mol. The van der Waals surface area contributed by atoms with E-state index in [9.17, 15) is 22.4 Å². The van der Waals surface area contributed by atoms with Crippen molar-refractivity contribution in [2.75, 3.05) is 18.0 Å². The molecule has 0 fully saturated rings. The molecule has 2 aromatic heterocycles. The number of carboxylic acid groups (broad SMARTS) is 1. The van der Waals surface area contributed by atoms with Crippen molar-refractivity contribution in [3.05, 3.63) is 59.3 Å². The Labute approximate surface area is 190 Å². The number of alkyl halides is 3. The van der Waals surface area contributed by atoms with Crippen LogP contribution in [0.1, 0.15) is 21.5 Å². The van der Waals surface area contributed by atoms with Crippen LogP contribution in [-0.2, 0) is 11.2 Å². The van der Waals surface area contributed by atoms with E-state index in [1.807, 2.05) is 6.07 Å². The molecule has 0 saturated carbocycles. The van der Waals surface area contributed by atoms with Crippen molar-refractivity contribution in [3.63, 3.8) is 0 Å². The van der Waals surface area contributed by atoms with Crippen LogP contribution in [0.15, 0.2) is 36.7 Å². The third kappa shape index (κ3) is 5.05. The third-order valence-electron chi connectivity index (χ3n) is 5.13. The number of benzene rings is 1. The molecule has 0 saturated heterocycles. The predicted octanol–water partition coefficient (Wildman–Crippen LogP) is 3.34. The maximum atomic E-state index is 14.6. The summed E-state index contributed by atoms with van der Waals surface area (Å²) in [5.74, 6) is -3.43. The largest absolute Gasteiger partial charge is 0.490 e. The molecule has 0 radical (unpaired) electrons. The number of nitrogen functional groups attached to an aromatic ring is 2. The van der Waals surface area contributed by atoms with Crippen molar-refractivity contribution >= 4 is 23.4 Å². The molecule has 0 spiro atoms. The third-order valence-corrected chi connectivity index (χ3v) is 5.13. The van der Waals surface area contributed by atoms with Gasteiger partial charge in [0.15, 0.2) is 0 Å². The average Bonchev–Trinajstić information content (AvgIpc) is 2.76. The Hall–Kier alpha value is -4.22. The number of hydrogen-bond donors (Lipinski definition) is 4. The molecule has 178 valence electrons. The van der Waals surface area contributed by atoms with Gasteiger partial charge in [-0.05, 0) is 42.2 Å². The summed E-state index contributed by atoms with van der Waals surface area (Å²) < 4.78 is 46.3. The number of carbonyl (C=O) groups excluding carboxylic acids is 1. The van der Waals surface area contributed by atoms with Crippen molar-refractivity contribution in [3.8, 4) is 22.3 Å². The van der Waals surface area contributed by atoms with Crippen molar-refractivity contribution in [2.45, 2.75) is 19.5 Å². The van der Waals surface area contributed by atoms with E-state index in [2.05, 4.69) is 15.3 Å². The summed E-state index contributed by atoms with van der Waals surface area (Å²) in [6.07, 6.45) is -1.27. The molecule has 3 heterocycles. The quantitative estimate of drug-likeness (QED) is 0.327. The lowest BCUT2D eigenvalue weighted by molar-refractivity contribution is -0.192. The second-order valence-electron chi connectivity index (χ2n) is 7.34. The number of carboxylic acids is 1. The summed E-state index contributed by atoms with van der Waals surface area (Å²) in [5.41, 5.74) is 16.9. The highest BCUT2D eigenvalue weighted by Gasteiger charge is 2.38. The van der Waals surface area contributed by atoms with Gasteiger partial charge in [-0.25, -0.2) is 9.78 Å². The molecule has 0 aliphatic carbocycles. The standard InChI is InChI=1S/C20H18FN5O.C2HF3O2/c1-10-16(8-24-9-17(10)22)15-7-14(19(23)26-18(15)21)11-2-3-13-12(6-11)4-5-25-20(13)27;3-2(4,5)1(6)7/h2-3,6-9H,4-5,22H2,1H3,(H2,23,26)(H,25,27);(H,6,7). The number of nitrogens with one attached hydrogen (secondary N) is 1. The van der Waals surface area contributed by atoms with Gasteiger partial charge in [-0.3, -0.25) is 9.78 Å². The Bertz CT molecular complexity index is 1280. The molecule has 6 N–H and O–H groups in total. The smallest absolute Gasteiger partial charge is 0.475 e. The molecule has 4 rings (SSSR count). The van der Waals surface area contributed by atoms with Gasteiger partial charge < -0.3 is 21.9 Å². The molecular formula is C22H19F4N5O3. The molecule has 12 heteroatoms. The molecule has 34 heavy (non-hydrogen) atoms. The van der Waals surface area contributed by atoms with Crippen LogP contribution in [0.2, 0.25) is 0 Å². The van der Waals surface area contributed by atoms with Crippen molar-refractivity contribution in [1.82, 2.24) is 15.3 Å². The van der Waals surface area contributed by atoms with Crippen molar-refractivity contribution in [1.29, 1.82) is 0 Å². The Kier molecular flexibility index (Phi) is 6.70. The number of nitrogens with two attached hydrogens (primary N) is 2. The lowest BCUT2D eigenvalue weighted by atomic mass is 9.93. The van der Waals surface area contributed by atoms with Crippen LogP contribution in [0.25, 0.3) is 22.3 Å². The normalized spacial score (nSPS) is 12.8. The molecule has 1 aliphatic rings. The zero-order valence-electron chi connectivity index (χ0n) is 17.7. The molecule has 8 nitrogen and oxygen atoms in total. The minimum absolute atomic E-state index is 0.0878. The molecule has 0 unspecified atom stereocenters. The van der Waals surface area contributed by atoms with Crippen LogP contribution < -0.4 is 16.8 Å². The fraction of sp³-hybridized carbons (Fsp3) is 0.182. The van der Waals surface area contributed by atoms with Crippen LogP contribution >= 0.6 is 0 Å². The Balaban J connectivity index is 0.000000406. The molecule has 3 aromatic rings. The lowest BCUT2D eigenvalue weighted by Gasteiger charge is -2.18. The van der Waals surface area contributed by atoms with Crippen LogP contribution in [0.3, 0.4) is 0 Å². The van der Waals surface area contributed by atoms with E-state index in [1.54, 1.807) is 31.3 Å². The molecule has 0 atom stereocenters. The van der Waals surface area contributed by atoms with Gasteiger partial charge in [0.25, 0.3) is 5.91 Å². The van der Waals surface area contributed by atoms with Crippen LogP contribution in [0.5, 0.6) is 0 Å². The fourth-order valence-corrected chi connectivity index (χ4v) is 3.33. The molecule has 0 bridgehead atoms. The van der Waals surface area contributed by atoms with Gasteiger partial charge in [0.1, 0.15) is 5.82 Å². The summed E-state index contributed by atoms with van der Waals surface area (Å²) in [6.45, 7) is 2.39. The maximum Gasteiger partial charge on any atom is 0.490 e. The first-order chi connectivity index (χ1) is 15.9. The molecular weight excluding hydrogens is 458 g/mol. The van der Waals surface area contributed by atoms with E-state index in [4.69, 9.17) is 21.4 Å². The van der Waals surface area contributed by atoms with Gasteiger partial charge in [-0.1, -0.05) is 12.1 Å². The second-order valence-corrected chi connectivity index (χ2v) is 7.34. The van der Waals surface area contributed by atoms with Crippen molar-refractivity contribution in [2.24, 2.45) is 0 Å². The van der Waals surface area contributed by atoms with E-state index in [-0.39, 0.29) is 17.3 Å². The number of anilines is 2. The number of halogens is 4. The summed E-state index contributed by atoms with van der Waals surface area (Å²) in [6, 6.07) is 7.12. The minimum Gasteiger partial charge on any atom is -0.475 e. The number of rotatable bonds is 2. The first-order valence-corrected chi connectivity index (χ1v) is 9.78. The number of aliphatic carboxylic acids is 1. The number of hydrogen-bond acceptors (Lipinski definition) is 6. The van der Waals surface area contributed by atoms with Gasteiger partial charge in [0.2, 0.25) is 5.95 Å². The number of nitrogens with zero attached hydrogens (tertiary/aromatic N) is 2. The Morgan fingerprint density at radius 3 is 2.41 bits per heavy atom. The van der Waals surface area contributed by atoms with E-state index < -0.39 is 18.1 Å². The summed E-state index contributed by atoms with van der Waals surface area (Å²) in [4.78, 5) is 28.8. The topological polar surface area (TPSA) is 144 Å². The summed E-state index contributed by atoms with van der Waals surface area (Å²) in [7, 11) is 0. The van der Waals surface area contributed by atoms with E-state index in [0.29, 0.717) is 28.9 Å². The van der Waals surface area contributed by atoms with Gasteiger partial charge in [-0.2, -0.15) is 17.6 Å². The zero-order chi connectivity index (χ0) is 25.2. The average molecular weight is 477 g/mol. The van der Waals surface area contributed by atoms with Gasteiger partial charge in [0.05, 0.1) is 11.9 Å². The van der Waals surface area contributed by atoms with E-state index >= 15 is 0 Å².